The predicted octanol–water partition coefficient (Wildman–Crippen LogP) is 1.17. The van der Waals surface area contributed by atoms with Gasteiger partial charge >= 0.3 is 0 Å². The monoisotopic (exact) mass is 169 g/mol. The maximum Gasteiger partial charge on any atom is 0.124 e. The van der Waals surface area contributed by atoms with E-state index in [2.05, 4.69) is 23.8 Å². The molecule has 0 radical (unpaired) electrons. The first-order valence-electron chi connectivity index (χ1n) is 3.46. The van der Waals surface area contributed by atoms with Crippen molar-refractivity contribution in [1.82, 2.24) is 9.97 Å². The highest BCUT2D eigenvalue weighted by Crippen LogP contribution is 2.14. The van der Waals surface area contributed by atoms with Gasteiger partial charge in [-0.2, -0.15) is 0 Å². The quantitative estimate of drug-likeness (QED) is 0.653. The van der Waals surface area contributed by atoms with Crippen LogP contribution in [0.2, 0.25) is 0 Å². The predicted molar refractivity (Wildman–Crippen MR) is 48.6 cm³/mol. The van der Waals surface area contributed by atoms with Gasteiger partial charge in [-0.25, -0.2) is 4.98 Å². The Morgan fingerprint density at radius 2 is 2.36 bits per heavy atom. The molecule has 0 aliphatic carbocycles. The Bertz CT molecular complexity index is 264. The Labute approximate surface area is 71.0 Å². The molecule has 0 unspecified atom stereocenters. The second-order valence-corrected chi connectivity index (χ2v) is 3.12. The van der Waals surface area contributed by atoms with E-state index in [9.17, 15) is 0 Å². The zero-order chi connectivity index (χ0) is 8.43. The number of nitrogens with two attached hydrogens (primary N) is 1. The van der Waals surface area contributed by atoms with Gasteiger partial charge in [-0.05, 0) is 5.92 Å². The van der Waals surface area contributed by atoms with Crippen LogP contribution in [-0.2, 0) is 0 Å². The maximum atomic E-state index is 5.45. The number of H-pyrrole nitrogens is 1. The number of aromatic nitrogens is 2. The fourth-order valence-electron chi connectivity index (χ4n) is 0.941. The third kappa shape index (κ3) is 1.57. The van der Waals surface area contributed by atoms with Crippen molar-refractivity contribution in [3.05, 3.63) is 17.7 Å². The van der Waals surface area contributed by atoms with Crippen LogP contribution in [0.1, 0.15) is 31.2 Å². The molecule has 4 heteroatoms. The lowest BCUT2D eigenvalue weighted by atomic mass is 10.1. The zero-order valence-electron chi connectivity index (χ0n) is 6.59. The summed E-state index contributed by atoms with van der Waals surface area (Å²) in [6.07, 6.45) is 1.61. The van der Waals surface area contributed by atoms with E-state index >= 15 is 0 Å². The van der Waals surface area contributed by atoms with Gasteiger partial charge in [0.25, 0.3) is 0 Å². The molecule has 0 aliphatic heterocycles. The third-order valence-electron chi connectivity index (χ3n) is 1.48. The number of nitrogens with zero attached hydrogens (tertiary/aromatic N) is 1. The fourth-order valence-corrected chi connectivity index (χ4v) is 1.10. The van der Waals surface area contributed by atoms with Gasteiger partial charge in [0, 0.05) is 5.69 Å². The minimum absolute atomic E-state index is 0.356. The second-order valence-electron chi connectivity index (χ2n) is 2.68. The van der Waals surface area contributed by atoms with Gasteiger partial charge in [-0.1, -0.05) is 26.1 Å². The number of nitrogens with one attached hydrogen (secondary N) is 1. The highest BCUT2D eigenvalue weighted by atomic mass is 32.1. The maximum absolute atomic E-state index is 5.45. The van der Waals surface area contributed by atoms with Gasteiger partial charge in [-0.3, -0.25) is 0 Å². The van der Waals surface area contributed by atoms with E-state index < -0.39 is 0 Å². The van der Waals surface area contributed by atoms with Crippen LogP contribution in [0.4, 0.5) is 0 Å². The molecule has 0 fully saturated rings. The molecule has 3 nitrogen and oxygen atoms in total. The average Bonchev–Trinajstić information content (AvgIpc) is 2.32. The Hall–Kier alpha value is -0.900. The molecule has 3 N–H and O–H groups in total. The van der Waals surface area contributed by atoms with E-state index in [1.54, 1.807) is 6.33 Å². The van der Waals surface area contributed by atoms with Crippen LogP contribution in [0.25, 0.3) is 0 Å². The topological polar surface area (TPSA) is 54.7 Å². The SMILES string of the molecule is CC(C)c1[nH]cnc1C(N)=S. The summed E-state index contributed by atoms with van der Waals surface area (Å²) in [6.45, 7) is 4.13. The number of hydrogen-bond acceptors (Lipinski definition) is 2. The Kier molecular flexibility index (Phi) is 2.24. The summed E-state index contributed by atoms with van der Waals surface area (Å²) in [6, 6.07) is 0. The highest BCUT2D eigenvalue weighted by molar-refractivity contribution is 7.80. The number of rotatable bonds is 2. The molecule has 1 heterocycles. The summed E-state index contributed by atoms with van der Waals surface area (Å²) in [5.74, 6) is 0.383. The van der Waals surface area contributed by atoms with Gasteiger partial charge in [0.1, 0.15) is 10.7 Å². The molecule has 0 bridgehead atoms. The van der Waals surface area contributed by atoms with E-state index in [0.717, 1.165) is 11.4 Å². The lowest BCUT2D eigenvalue weighted by Gasteiger charge is -2.02. The first kappa shape index (κ1) is 8.20. The molecule has 0 aromatic carbocycles. The summed E-state index contributed by atoms with van der Waals surface area (Å²) in [7, 11) is 0. The highest BCUT2D eigenvalue weighted by Gasteiger charge is 2.10. The fraction of sp³-hybridized carbons (Fsp3) is 0.429. The van der Waals surface area contributed by atoms with Crippen LogP contribution >= 0.6 is 12.2 Å². The number of hydrogen-bond donors (Lipinski definition) is 2. The molecule has 1 aromatic rings. The number of aromatic amines is 1. The molecule has 0 spiro atoms. The molecule has 0 atom stereocenters. The molecule has 11 heavy (non-hydrogen) atoms. The van der Waals surface area contributed by atoms with Crippen molar-refractivity contribution in [2.75, 3.05) is 0 Å². The summed E-state index contributed by atoms with van der Waals surface area (Å²) in [4.78, 5) is 7.38. The molecule has 1 rings (SSSR count). The summed E-state index contributed by atoms with van der Waals surface area (Å²) >= 11 is 4.82. The Balaban J connectivity index is 3.06. The standard InChI is InChI=1S/C7H11N3S/c1-4(2)5-6(7(8)11)10-3-9-5/h3-4H,1-2H3,(H2,8,11)(H,9,10). The van der Waals surface area contributed by atoms with Gasteiger partial charge in [-0.15, -0.1) is 0 Å². The van der Waals surface area contributed by atoms with E-state index in [1.807, 2.05) is 0 Å². The molecule has 0 saturated heterocycles. The largest absolute Gasteiger partial charge is 0.388 e. The van der Waals surface area contributed by atoms with E-state index in [4.69, 9.17) is 18.0 Å². The Morgan fingerprint density at radius 1 is 1.73 bits per heavy atom. The van der Waals surface area contributed by atoms with Gasteiger partial charge in [0.05, 0.1) is 6.33 Å². The lowest BCUT2D eigenvalue weighted by molar-refractivity contribution is 0.830. The average molecular weight is 169 g/mol. The van der Waals surface area contributed by atoms with Crippen LogP contribution < -0.4 is 5.73 Å². The minimum atomic E-state index is 0.356. The normalized spacial score (nSPS) is 10.5. The van der Waals surface area contributed by atoms with Crippen molar-refractivity contribution in [2.24, 2.45) is 5.73 Å². The molecule has 1 aromatic heterocycles. The summed E-state index contributed by atoms with van der Waals surface area (Å²) in [5.41, 5.74) is 7.17. The minimum Gasteiger partial charge on any atom is -0.388 e. The van der Waals surface area contributed by atoms with Crippen LogP contribution in [0.5, 0.6) is 0 Å². The van der Waals surface area contributed by atoms with Crippen LogP contribution in [0.15, 0.2) is 6.33 Å². The van der Waals surface area contributed by atoms with E-state index in [0.29, 0.717) is 10.9 Å². The summed E-state index contributed by atoms with van der Waals surface area (Å²) < 4.78 is 0. The molecule has 60 valence electrons. The molecule has 0 amide bonds. The van der Waals surface area contributed by atoms with Crippen LogP contribution in [0, 0.1) is 0 Å². The van der Waals surface area contributed by atoms with Crippen molar-refractivity contribution in [1.29, 1.82) is 0 Å². The van der Waals surface area contributed by atoms with Crippen LogP contribution in [0.3, 0.4) is 0 Å². The summed E-state index contributed by atoms with van der Waals surface area (Å²) in [5, 5.41) is 0. The number of imidazole rings is 1. The molecular formula is C7H11N3S. The van der Waals surface area contributed by atoms with Crippen molar-refractivity contribution in [2.45, 2.75) is 19.8 Å². The van der Waals surface area contributed by atoms with Crippen LogP contribution in [-0.4, -0.2) is 15.0 Å². The third-order valence-corrected chi connectivity index (χ3v) is 1.67. The van der Waals surface area contributed by atoms with Crippen molar-refractivity contribution < 1.29 is 0 Å². The zero-order valence-corrected chi connectivity index (χ0v) is 7.40. The van der Waals surface area contributed by atoms with E-state index in [-0.39, 0.29) is 0 Å². The number of thiocarbonyl (C=S) groups is 1. The molecular weight excluding hydrogens is 158 g/mol. The smallest absolute Gasteiger partial charge is 0.124 e. The molecule has 0 aliphatic rings. The van der Waals surface area contributed by atoms with Gasteiger partial charge in [0.2, 0.25) is 0 Å². The van der Waals surface area contributed by atoms with Crippen molar-refractivity contribution in [3.63, 3.8) is 0 Å². The first-order valence-corrected chi connectivity index (χ1v) is 3.86. The van der Waals surface area contributed by atoms with Crippen molar-refractivity contribution >= 4 is 17.2 Å². The first-order chi connectivity index (χ1) is 5.13. The second kappa shape index (κ2) is 3.00. The molecule has 0 saturated carbocycles. The lowest BCUT2D eigenvalue weighted by Crippen LogP contribution is -2.13. The van der Waals surface area contributed by atoms with Gasteiger partial charge in [0.15, 0.2) is 0 Å². The Morgan fingerprint density at radius 3 is 2.73 bits per heavy atom. The van der Waals surface area contributed by atoms with Gasteiger partial charge < -0.3 is 10.7 Å². The van der Waals surface area contributed by atoms with Crippen molar-refractivity contribution in [3.8, 4) is 0 Å². The van der Waals surface area contributed by atoms with E-state index in [1.165, 1.54) is 0 Å².